The molecule has 1 aromatic heterocycles. The van der Waals surface area contributed by atoms with Crippen LogP contribution in [-0.4, -0.2) is 17.1 Å². The number of benzene rings is 2. The Labute approximate surface area is 160 Å². The van der Waals surface area contributed by atoms with E-state index in [-0.39, 0.29) is 28.2 Å². The first-order valence-corrected chi connectivity index (χ1v) is 8.37. The third-order valence-corrected chi connectivity index (χ3v) is 4.44. The van der Waals surface area contributed by atoms with Crippen LogP contribution in [0.1, 0.15) is 17.3 Å². The van der Waals surface area contributed by atoms with E-state index in [2.05, 4.69) is 0 Å². The zero-order valence-electron chi connectivity index (χ0n) is 13.7. The molecule has 0 atom stereocenters. The van der Waals surface area contributed by atoms with E-state index in [0.717, 1.165) is 22.9 Å². The van der Waals surface area contributed by atoms with Gasteiger partial charge in [0.05, 0.1) is 28.2 Å². The van der Waals surface area contributed by atoms with Gasteiger partial charge in [-0.2, -0.15) is 0 Å². The van der Waals surface area contributed by atoms with Gasteiger partial charge in [0.1, 0.15) is 16.4 Å². The minimum Gasteiger partial charge on any atom is -0.462 e. The predicted molar refractivity (Wildman–Crippen MR) is 95.4 cm³/mol. The van der Waals surface area contributed by atoms with Crippen LogP contribution in [0.4, 0.5) is 13.2 Å². The SMILES string of the molecule is CCOC(=O)c1cn(-c2ccc(F)cc2Cl)c2c(Cl)c(F)c(F)cc2c1=O. The Morgan fingerprint density at radius 1 is 1.19 bits per heavy atom. The minimum atomic E-state index is -1.38. The summed E-state index contributed by atoms with van der Waals surface area (Å²) in [6, 6.07) is 3.94. The van der Waals surface area contributed by atoms with Gasteiger partial charge in [0.25, 0.3) is 0 Å². The van der Waals surface area contributed by atoms with Crippen molar-refractivity contribution in [3.8, 4) is 5.69 Å². The number of rotatable bonds is 3. The highest BCUT2D eigenvalue weighted by Gasteiger charge is 2.23. The Hall–Kier alpha value is -2.51. The molecule has 0 saturated heterocycles. The van der Waals surface area contributed by atoms with Gasteiger partial charge in [-0.25, -0.2) is 18.0 Å². The van der Waals surface area contributed by atoms with Gasteiger partial charge in [0, 0.05) is 6.20 Å². The Balaban J connectivity index is 2.50. The Kier molecular flexibility index (Phi) is 5.17. The first-order valence-electron chi connectivity index (χ1n) is 7.61. The topological polar surface area (TPSA) is 48.3 Å². The molecule has 0 aliphatic carbocycles. The van der Waals surface area contributed by atoms with Gasteiger partial charge in [-0.05, 0) is 31.2 Å². The summed E-state index contributed by atoms with van der Waals surface area (Å²) in [5, 5.41) is -1.14. The Morgan fingerprint density at radius 2 is 1.89 bits per heavy atom. The van der Waals surface area contributed by atoms with Crippen molar-refractivity contribution in [2.45, 2.75) is 6.92 Å². The van der Waals surface area contributed by atoms with Gasteiger partial charge < -0.3 is 9.30 Å². The Morgan fingerprint density at radius 3 is 2.52 bits per heavy atom. The van der Waals surface area contributed by atoms with Crippen LogP contribution in [-0.2, 0) is 4.74 Å². The molecule has 4 nitrogen and oxygen atoms in total. The lowest BCUT2D eigenvalue weighted by atomic mass is 10.1. The maximum absolute atomic E-state index is 14.0. The van der Waals surface area contributed by atoms with Crippen LogP contribution in [0.5, 0.6) is 0 Å². The molecule has 0 unspecified atom stereocenters. The molecular weight excluding hydrogens is 406 g/mol. The zero-order chi connectivity index (χ0) is 19.9. The third kappa shape index (κ3) is 3.28. The number of aromatic nitrogens is 1. The van der Waals surface area contributed by atoms with Crippen LogP contribution in [0.15, 0.2) is 35.3 Å². The first-order chi connectivity index (χ1) is 12.8. The third-order valence-electron chi connectivity index (χ3n) is 3.79. The number of hydrogen-bond donors (Lipinski definition) is 0. The lowest BCUT2D eigenvalue weighted by Crippen LogP contribution is -2.21. The van der Waals surface area contributed by atoms with Crippen molar-refractivity contribution in [1.82, 2.24) is 4.57 Å². The van der Waals surface area contributed by atoms with Gasteiger partial charge in [0.15, 0.2) is 11.6 Å². The van der Waals surface area contributed by atoms with E-state index in [1.807, 2.05) is 0 Å². The molecule has 0 bridgehead atoms. The number of fused-ring (bicyclic) bond motifs is 1. The zero-order valence-corrected chi connectivity index (χ0v) is 15.2. The summed E-state index contributed by atoms with van der Waals surface area (Å²) >= 11 is 12.0. The van der Waals surface area contributed by atoms with Gasteiger partial charge >= 0.3 is 5.97 Å². The van der Waals surface area contributed by atoms with Crippen LogP contribution >= 0.6 is 23.2 Å². The van der Waals surface area contributed by atoms with Crippen LogP contribution in [0, 0.1) is 17.5 Å². The van der Waals surface area contributed by atoms with Crippen LogP contribution in [0.2, 0.25) is 10.0 Å². The summed E-state index contributed by atoms with van der Waals surface area (Å²) in [6.07, 6.45) is 1.05. The first kappa shape index (κ1) is 19.3. The lowest BCUT2D eigenvalue weighted by Gasteiger charge is -2.16. The van der Waals surface area contributed by atoms with Crippen molar-refractivity contribution in [2.24, 2.45) is 0 Å². The second kappa shape index (κ2) is 7.25. The van der Waals surface area contributed by atoms with E-state index in [9.17, 15) is 22.8 Å². The Bertz CT molecular complexity index is 1150. The van der Waals surface area contributed by atoms with E-state index in [1.54, 1.807) is 6.92 Å². The average molecular weight is 416 g/mol. The maximum atomic E-state index is 14.0. The molecule has 0 radical (unpaired) electrons. The monoisotopic (exact) mass is 415 g/mol. The molecule has 3 rings (SSSR count). The molecule has 0 fully saturated rings. The number of halogens is 5. The molecule has 0 aliphatic rings. The van der Waals surface area contributed by atoms with E-state index >= 15 is 0 Å². The number of nitrogens with zero attached hydrogens (tertiary/aromatic N) is 1. The van der Waals surface area contributed by atoms with Crippen molar-refractivity contribution >= 4 is 40.1 Å². The van der Waals surface area contributed by atoms with Crippen molar-refractivity contribution in [3.05, 3.63) is 73.7 Å². The second-order valence-electron chi connectivity index (χ2n) is 5.44. The smallest absolute Gasteiger partial charge is 0.343 e. The fourth-order valence-corrected chi connectivity index (χ4v) is 3.15. The molecular formula is C18H10Cl2F3NO3. The lowest BCUT2D eigenvalue weighted by molar-refractivity contribution is 0.0524. The molecule has 0 spiro atoms. The molecule has 2 aromatic carbocycles. The molecule has 0 saturated carbocycles. The van der Waals surface area contributed by atoms with Crippen molar-refractivity contribution in [2.75, 3.05) is 6.61 Å². The van der Waals surface area contributed by atoms with Gasteiger partial charge in [-0.1, -0.05) is 23.2 Å². The number of carbonyl (C=O) groups excluding carboxylic acids is 1. The summed E-state index contributed by atoms with van der Waals surface area (Å²) in [7, 11) is 0. The van der Waals surface area contributed by atoms with Gasteiger partial charge in [-0.15, -0.1) is 0 Å². The average Bonchev–Trinajstić information content (AvgIpc) is 2.61. The van der Waals surface area contributed by atoms with E-state index < -0.39 is 39.4 Å². The van der Waals surface area contributed by atoms with Crippen LogP contribution in [0.3, 0.4) is 0 Å². The summed E-state index contributed by atoms with van der Waals surface area (Å²) in [5.74, 6) is -4.33. The molecule has 0 aliphatic heterocycles. The highest BCUT2D eigenvalue weighted by Crippen LogP contribution is 2.32. The number of carbonyl (C=O) groups is 1. The van der Waals surface area contributed by atoms with Gasteiger partial charge in [0.2, 0.25) is 5.43 Å². The van der Waals surface area contributed by atoms with Gasteiger partial charge in [-0.3, -0.25) is 4.79 Å². The summed E-state index contributed by atoms with van der Waals surface area (Å²) < 4.78 is 47.2. The van der Waals surface area contributed by atoms with E-state index in [1.165, 1.54) is 6.07 Å². The predicted octanol–water partition coefficient (Wildman–Crippen LogP) is 4.89. The van der Waals surface area contributed by atoms with Crippen molar-refractivity contribution in [3.63, 3.8) is 0 Å². The molecule has 140 valence electrons. The van der Waals surface area contributed by atoms with Crippen LogP contribution in [0.25, 0.3) is 16.6 Å². The summed E-state index contributed by atoms with van der Waals surface area (Å²) in [4.78, 5) is 24.8. The fourth-order valence-electron chi connectivity index (χ4n) is 2.61. The normalized spacial score (nSPS) is 11.0. The van der Waals surface area contributed by atoms with E-state index in [0.29, 0.717) is 6.07 Å². The maximum Gasteiger partial charge on any atom is 0.343 e. The second-order valence-corrected chi connectivity index (χ2v) is 6.23. The molecule has 27 heavy (non-hydrogen) atoms. The molecule has 1 heterocycles. The standard InChI is InChI=1S/C18H10Cl2F3NO3/c1-2-27-18(26)10-7-24(13-4-3-8(21)5-11(13)19)16-9(17(10)25)6-12(22)15(23)14(16)20/h3-7H,2H2,1H3. The molecule has 0 amide bonds. The number of hydrogen-bond acceptors (Lipinski definition) is 3. The highest BCUT2D eigenvalue weighted by molar-refractivity contribution is 6.35. The number of ether oxygens (including phenoxy) is 1. The summed E-state index contributed by atoms with van der Waals surface area (Å²) in [6.45, 7) is 1.53. The number of pyridine rings is 1. The fraction of sp³-hybridized carbons (Fsp3) is 0.111. The quantitative estimate of drug-likeness (QED) is 0.451. The highest BCUT2D eigenvalue weighted by atomic mass is 35.5. The molecule has 3 aromatic rings. The molecule has 0 N–H and O–H groups in total. The number of esters is 1. The van der Waals surface area contributed by atoms with Crippen molar-refractivity contribution in [1.29, 1.82) is 0 Å². The van der Waals surface area contributed by atoms with E-state index in [4.69, 9.17) is 27.9 Å². The summed E-state index contributed by atoms with van der Waals surface area (Å²) in [5.41, 5.74) is -1.45. The molecule has 9 heteroatoms. The van der Waals surface area contributed by atoms with Crippen molar-refractivity contribution < 1.29 is 22.7 Å². The largest absolute Gasteiger partial charge is 0.462 e. The minimum absolute atomic E-state index is 0.00779. The van der Waals surface area contributed by atoms with Crippen LogP contribution < -0.4 is 5.43 Å².